The highest BCUT2D eigenvalue weighted by molar-refractivity contribution is 6.30. The predicted molar refractivity (Wildman–Crippen MR) is 101 cm³/mol. The van der Waals surface area contributed by atoms with Gasteiger partial charge in [-0.05, 0) is 37.1 Å². The average molecular weight is 443 g/mol. The van der Waals surface area contributed by atoms with Crippen molar-refractivity contribution >= 4 is 29.2 Å². The first-order valence-electron chi connectivity index (χ1n) is 8.86. The van der Waals surface area contributed by atoms with Gasteiger partial charge in [-0.2, -0.15) is 0 Å². The predicted octanol–water partition coefficient (Wildman–Crippen LogP) is 3.77. The fourth-order valence-corrected chi connectivity index (χ4v) is 3.85. The molecule has 30 heavy (non-hydrogen) atoms. The number of fused-ring (bicyclic) bond motifs is 1. The molecule has 0 bridgehead atoms. The van der Waals surface area contributed by atoms with Crippen LogP contribution in [-0.4, -0.2) is 29.4 Å². The molecule has 3 atom stereocenters. The minimum atomic E-state index is -3.08. The Morgan fingerprint density at radius 2 is 2.10 bits per heavy atom. The van der Waals surface area contributed by atoms with Crippen molar-refractivity contribution in [3.63, 3.8) is 0 Å². The number of alkyl halides is 2. The Morgan fingerprint density at radius 3 is 2.77 bits per heavy atom. The van der Waals surface area contributed by atoms with Crippen LogP contribution < -0.4 is 11.1 Å². The van der Waals surface area contributed by atoms with Crippen LogP contribution in [0, 0.1) is 24.5 Å². The van der Waals surface area contributed by atoms with E-state index in [2.05, 4.69) is 15.3 Å². The van der Waals surface area contributed by atoms with E-state index < -0.39 is 58.8 Å². The molecule has 158 valence electrons. The number of amides is 1. The number of hydrogen-bond donors (Lipinski definition) is 2. The van der Waals surface area contributed by atoms with Crippen molar-refractivity contribution in [1.29, 1.82) is 0 Å². The second kappa shape index (κ2) is 7.12. The maximum atomic E-state index is 15.0. The van der Waals surface area contributed by atoms with Gasteiger partial charge in [0.2, 0.25) is 0 Å². The monoisotopic (exact) mass is 442 g/mol. The molecule has 0 radical (unpaired) electrons. The third kappa shape index (κ3) is 3.24. The first kappa shape index (κ1) is 20.4. The van der Waals surface area contributed by atoms with E-state index in [0.717, 1.165) is 18.3 Å². The normalized spacial score (nSPS) is 24.7. The van der Waals surface area contributed by atoms with Crippen LogP contribution in [0.25, 0.3) is 0 Å². The molecule has 2 aromatic rings. The van der Waals surface area contributed by atoms with Gasteiger partial charge in [-0.25, -0.2) is 27.5 Å². The summed E-state index contributed by atoms with van der Waals surface area (Å²) in [7, 11) is 0. The number of hydrogen-bond acceptors (Lipinski definition) is 5. The lowest BCUT2D eigenvalue weighted by Crippen LogP contribution is -2.43. The van der Waals surface area contributed by atoms with Gasteiger partial charge in [0, 0.05) is 23.4 Å². The molecule has 1 aromatic carbocycles. The number of rotatable bonds is 4. The van der Waals surface area contributed by atoms with Gasteiger partial charge in [-0.15, -0.1) is 0 Å². The number of benzene rings is 1. The van der Waals surface area contributed by atoms with Gasteiger partial charge in [-0.3, -0.25) is 4.79 Å². The lowest BCUT2D eigenvalue weighted by atomic mass is 9.83. The highest BCUT2D eigenvalue weighted by Crippen LogP contribution is 2.56. The van der Waals surface area contributed by atoms with Crippen molar-refractivity contribution in [3.8, 4) is 0 Å². The molecule has 1 aliphatic heterocycles. The summed E-state index contributed by atoms with van der Waals surface area (Å²) >= 11 is 5.62. The van der Waals surface area contributed by atoms with Crippen molar-refractivity contribution < 1.29 is 27.1 Å². The van der Waals surface area contributed by atoms with E-state index in [-0.39, 0.29) is 22.7 Å². The lowest BCUT2D eigenvalue weighted by Gasteiger charge is -2.33. The van der Waals surface area contributed by atoms with Crippen LogP contribution in [0.2, 0.25) is 5.02 Å². The number of carbonyl (C=O) groups excluding carboxylic acids is 1. The van der Waals surface area contributed by atoms with Crippen molar-refractivity contribution in [2.75, 3.05) is 5.32 Å². The Kier molecular flexibility index (Phi) is 4.84. The summed E-state index contributed by atoms with van der Waals surface area (Å²) < 4.78 is 62.6. The smallest absolute Gasteiger partial charge is 0.283 e. The number of amidine groups is 1. The zero-order chi connectivity index (χ0) is 21.8. The van der Waals surface area contributed by atoms with Crippen LogP contribution in [0.1, 0.15) is 28.0 Å². The largest absolute Gasteiger partial charge is 0.462 e. The van der Waals surface area contributed by atoms with E-state index in [1.807, 2.05) is 0 Å². The van der Waals surface area contributed by atoms with Gasteiger partial charge in [0.05, 0.1) is 5.02 Å². The molecule has 4 rings (SSSR count). The summed E-state index contributed by atoms with van der Waals surface area (Å²) in [6.45, 7) is 1.35. The maximum Gasteiger partial charge on any atom is 0.283 e. The SMILES string of the molecule is Cc1cc(NC(=O)c2ncc(Cl)cc2F)cc([C@@]2(C(F)F)N=C(N)O[C@@H]3C[C@@H]32)c1F. The number of nitrogens with two attached hydrogens (primary N) is 1. The van der Waals surface area contributed by atoms with Gasteiger partial charge >= 0.3 is 0 Å². The number of nitrogens with zero attached hydrogens (tertiary/aromatic N) is 2. The van der Waals surface area contributed by atoms with Crippen LogP contribution in [0.3, 0.4) is 0 Å². The fourth-order valence-electron chi connectivity index (χ4n) is 3.70. The number of aromatic nitrogens is 1. The summed E-state index contributed by atoms with van der Waals surface area (Å²) in [6.07, 6.45) is -2.34. The Balaban J connectivity index is 1.76. The highest BCUT2D eigenvalue weighted by atomic mass is 35.5. The summed E-state index contributed by atoms with van der Waals surface area (Å²) in [5.74, 6) is -3.58. The number of nitrogens with one attached hydrogen (secondary N) is 1. The van der Waals surface area contributed by atoms with Crippen LogP contribution in [0.4, 0.5) is 23.2 Å². The number of carbonyl (C=O) groups is 1. The Bertz CT molecular complexity index is 1080. The zero-order valence-corrected chi connectivity index (χ0v) is 16.2. The van der Waals surface area contributed by atoms with Crippen molar-refractivity contribution in [2.45, 2.75) is 31.4 Å². The second-order valence-electron chi connectivity index (χ2n) is 7.17. The topological polar surface area (TPSA) is 89.6 Å². The Labute approximate surface area is 173 Å². The molecule has 0 saturated heterocycles. The second-order valence-corrected chi connectivity index (χ2v) is 7.60. The van der Waals surface area contributed by atoms with E-state index in [1.165, 1.54) is 13.0 Å². The van der Waals surface area contributed by atoms with Crippen LogP contribution in [-0.2, 0) is 10.3 Å². The summed E-state index contributed by atoms with van der Waals surface area (Å²) in [4.78, 5) is 19.8. The molecule has 2 heterocycles. The van der Waals surface area contributed by atoms with E-state index in [4.69, 9.17) is 22.1 Å². The number of aryl methyl sites for hydroxylation is 1. The first-order chi connectivity index (χ1) is 14.1. The van der Waals surface area contributed by atoms with Crippen molar-refractivity contribution in [3.05, 3.63) is 57.9 Å². The molecular formula is C19H15ClF4N4O2. The van der Waals surface area contributed by atoms with Gasteiger partial charge in [0.15, 0.2) is 17.1 Å². The molecule has 1 saturated carbocycles. The minimum absolute atomic E-state index is 0.00297. The molecule has 1 aromatic heterocycles. The molecule has 1 aliphatic carbocycles. The molecular weight excluding hydrogens is 428 g/mol. The molecule has 0 spiro atoms. The summed E-state index contributed by atoms with van der Waals surface area (Å²) in [5, 5.41) is 2.35. The number of halogens is 5. The quantitative estimate of drug-likeness (QED) is 0.705. The first-order valence-corrected chi connectivity index (χ1v) is 9.24. The molecule has 6 nitrogen and oxygen atoms in total. The molecule has 11 heteroatoms. The summed E-state index contributed by atoms with van der Waals surface area (Å²) in [6, 6.07) is 2.75. The number of anilines is 1. The third-order valence-electron chi connectivity index (χ3n) is 5.16. The number of pyridine rings is 1. The van der Waals surface area contributed by atoms with E-state index >= 15 is 0 Å². The standard InChI is InChI=1S/C19H15ClF4N4O2/c1-7-2-9(27-16(29)15-12(21)3-8(20)6-26-15)4-11(14(7)22)19(17(23)24)10-5-13(10)30-18(25)28-19/h2-4,6,10,13,17H,5H2,1H3,(H2,25,28)(H,27,29)/t10-,13+,19-/m0/s1. The van der Waals surface area contributed by atoms with Gasteiger partial charge in [0.25, 0.3) is 18.4 Å². The minimum Gasteiger partial charge on any atom is -0.462 e. The molecule has 1 amide bonds. The van der Waals surface area contributed by atoms with Crippen LogP contribution >= 0.6 is 11.6 Å². The van der Waals surface area contributed by atoms with E-state index in [9.17, 15) is 22.4 Å². The van der Waals surface area contributed by atoms with E-state index in [1.54, 1.807) is 0 Å². The van der Waals surface area contributed by atoms with Crippen molar-refractivity contribution in [2.24, 2.45) is 16.6 Å². The lowest BCUT2D eigenvalue weighted by molar-refractivity contribution is 0.0176. The van der Waals surface area contributed by atoms with Gasteiger partial charge < -0.3 is 15.8 Å². The molecule has 1 fully saturated rings. The van der Waals surface area contributed by atoms with E-state index in [0.29, 0.717) is 0 Å². The van der Waals surface area contributed by atoms with Crippen molar-refractivity contribution in [1.82, 2.24) is 4.98 Å². The third-order valence-corrected chi connectivity index (χ3v) is 5.37. The zero-order valence-electron chi connectivity index (χ0n) is 15.4. The van der Waals surface area contributed by atoms with Crippen LogP contribution in [0.15, 0.2) is 29.4 Å². The Hall–Kier alpha value is -2.88. The summed E-state index contributed by atoms with van der Waals surface area (Å²) in [5.41, 5.74) is 2.30. The molecule has 2 aliphatic rings. The highest BCUT2D eigenvalue weighted by Gasteiger charge is 2.64. The fraction of sp³-hybridized carbons (Fsp3) is 0.316. The van der Waals surface area contributed by atoms with Gasteiger partial charge in [0.1, 0.15) is 11.9 Å². The number of ether oxygens (including phenoxy) is 1. The maximum absolute atomic E-state index is 15.0. The Morgan fingerprint density at radius 1 is 1.37 bits per heavy atom. The molecule has 0 unspecified atom stereocenters. The number of aliphatic imine (C=N–C) groups is 1. The average Bonchev–Trinajstić information content (AvgIpc) is 3.43. The molecule has 3 N–H and O–H groups in total. The van der Waals surface area contributed by atoms with Crippen LogP contribution in [0.5, 0.6) is 0 Å². The van der Waals surface area contributed by atoms with Gasteiger partial charge in [-0.1, -0.05) is 11.6 Å².